The van der Waals surface area contributed by atoms with Crippen LogP contribution in [0.2, 0.25) is 0 Å². The maximum Gasteiger partial charge on any atom is 0.133 e. The Morgan fingerprint density at radius 2 is 2.24 bits per heavy atom. The van der Waals surface area contributed by atoms with Crippen LogP contribution in [0.15, 0.2) is 18.3 Å². The van der Waals surface area contributed by atoms with Crippen molar-refractivity contribution in [2.75, 3.05) is 11.4 Å². The summed E-state index contributed by atoms with van der Waals surface area (Å²) in [6.07, 6.45) is 7.06. The van der Waals surface area contributed by atoms with Crippen molar-refractivity contribution in [3.63, 3.8) is 0 Å². The van der Waals surface area contributed by atoms with Crippen molar-refractivity contribution in [3.05, 3.63) is 23.9 Å². The maximum absolute atomic E-state index is 6.04. The molecule has 1 saturated heterocycles. The summed E-state index contributed by atoms with van der Waals surface area (Å²) in [4.78, 5) is 7.00. The van der Waals surface area contributed by atoms with Crippen molar-refractivity contribution >= 4 is 5.82 Å². The molecule has 2 rings (SSSR count). The highest BCUT2D eigenvalue weighted by Gasteiger charge is 2.21. The van der Waals surface area contributed by atoms with Gasteiger partial charge in [-0.05, 0) is 32.8 Å². The minimum Gasteiger partial charge on any atom is -0.354 e. The van der Waals surface area contributed by atoms with E-state index in [2.05, 4.69) is 22.9 Å². The van der Waals surface area contributed by atoms with E-state index in [0.717, 1.165) is 12.4 Å². The van der Waals surface area contributed by atoms with E-state index in [1.165, 1.54) is 31.2 Å². The molecule has 0 aromatic carbocycles. The average molecular weight is 233 g/mol. The summed E-state index contributed by atoms with van der Waals surface area (Å²) in [6.45, 7) is 5.44. The zero-order chi connectivity index (χ0) is 12.3. The molecule has 94 valence electrons. The Balaban J connectivity index is 2.30. The number of nitrogens with two attached hydrogens (primary N) is 1. The summed E-state index contributed by atoms with van der Waals surface area (Å²) in [6, 6.07) is 4.70. The van der Waals surface area contributed by atoms with Gasteiger partial charge in [-0.15, -0.1) is 0 Å². The zero-order valence-electron chi connectivity index (χ0n) is 10.9. The molecule has 1 aromatic heterocycles. The molecule has 0 amide bonds. The second-order valence-electron chi connectivity index (χ2n) is 5.10. The van der Waals surface area contributed by atoms with Gasteiger partial charge in [0, 0.05) is 30.4 Å². The van der Waals surface area contributed by atoms with E-state index in [0.29, 0.717) is 6.04 Å². The van der Waals surface area contributed by atoms with Crippen molar-refractivity contribution in [1.82, 2.24) is 4.98 Å². The monoisotopic (exact) mass is 233 g/mol. The van der Waals surface area contributed by atoms with Crippen LogP contribution in [0.1, 0.15) is 51.1 Å². The molecule has 1 unspecified atom stereocenters. The number of anilines is 1. The summed E-state index contributed by atoms with van der Waals surface area (Å²) in [5.41, 5.74) is 7.21. The van der Waals surface area contributed by atoms with Crippen molar-refractivity contribution in [3.8, 4) is 0 Å². The van der Waals surface area contributed by atoms with Crippen molar-refractivity contribution in [2.24, 2.45) is 5.73 Å². The van der Waals surface area contributed by atoms with Gasteiger partial charge >= 0.3 is 0 Å². The lowest BCUT2D eigenvalue weighted by Gasteiger charge is -2.30. The van der Waals surface area contributed by atoms with Crippen LogP contribution in [0.4, 0.5) is 5.82 Å². The summed E-state index contributed by atoms with van der Waals surface area (Å²) in [7, 11) is 0. The summed E-state index contributed by atoms with van der Waals surface area (Å²) >= 11 is 0. The van der Waals surface area contributed by atoms with Gasteiger partial charge in [0.15, 0.2) is 0 Å². The molecule has 1 aliphatic heterocycles. The molecule has 0 spiro atoms. The Bertz CT molecular complexity index is 362. The Kier molecular flexibility index (Phi) is 4.00. The SMILES string of the molecule is CC1CCCCCN1c1ncccc1[C@H](C)N. The molecule has 0 saturated carbocycles. The van der Waals surface area contributed by atoms with Crippen molar-refractivity contribution < 1.29 is 0 Å². The third-order valence-electron chi connectivity index (χ3n) is 3.63. The quantitative estimate of drug-likeness (QED) is 0.854. The standard InChI is InChI=1S/C14H23N3/c1-11-7-4-3-5-10-17(11)14-13(12(2)15)8-6-9-16-14/h6,8-9,11-12H,3-5,7,10,15H2,1-2H3/t11?,12-/m0/s1. The van der Waals surface area contributed by atoms with Gasteiger partial charge in [0.1, 0.15) is 5.82 Å². The van der Waals surface area contributed by atoms with E-state index in [4.69, 9.17) is 5.73 Å². The zero-order valence-corrected chi connectivity index (χ0v) is 10.9. The average Bonchev–Trinajstić information content (AvgIpc) is 2.54. The Morgan fingerprint density at radius 3 is 3.00 bits per heavy atom. The van der Waals surface area contributed by atoms with Crippen LogP contribution in [0, 0.1) is 0 Å². The largest absolute Gasteiger partial charge is 0.354 e. The van der Waals surface area contributed by atoms with Gasteiger partial charge in [-0.25, -0.2) is 4.98 Å². The molecule has 2 N–H and O–H groups in total. The van der Waals surface area contributed by atoms with Gasteiger partial charge in [0.05, 0.1) is 0 Å². The molecule has 0 radical (unpaired) electrons. The molecule has 17 heavy (non-hydrogen) atoms. The van der Waals surface area contributed by atoms with Gasteiger partial charge < -0.3 is 10.6 Å². The van der Waals surface area contributed by atoms with Crippen LogP contribution in [-0.4, -0.2) is 17.6 Å². The molecule has 1 aromatic rings. The van der Waals surface area contributed by atoms with Gasteiger partial charge in [0.2, 0.25) is 0 Å². The molecule has 0 aliphatic carbocycles. The predicted octanol–water partition coefficient (Wildman–Crippen LogP) is 2.87. The van der Waals surface area contributed by atoms with Crippen molar-refractivity contribution in [1.29, 1.82) is 0 Å². The van der Waals surface area contributed by atoms with Crippen LogP contribution in [0.25, 0.3) is 0 Å². The van der Waals surface area contributed by atoms with Crippen LogP contribution < -0.4 is 10.6 Å². The number of hydrogen-bond donors (Lipinski definition) is 1. The summed E-state index contributed by atoms with van der Waals surface area (Å²) in [5, 5.41) is 0. The molecule has 1 fully saturated rings. The van der Waals surface area contributed by atoms with E-state index in [-0.39, 0.29) is 6.04 Å². The van der Waals surface area contributed by atoms with E-state index in [1.54, 1.807) is 0 Å². The summed E-state index contributed by atoms with van der Waals surface area (Å²) in [5.74, 6) is 1.09. The van der Waals surface area contributed by atoms with Crippen LogP contribution in [0.3, 0.4) is 0 Å². The van der Waals surface area contributed by atoms with E-state index >= 15 is 0 Å². The van der Waals surface area contributed by atoms with Gasteiger partial charge in [-0.1, -0.05) is 18.9 Å². The minimum atomic E-state index is 0.0501. The molecule has 0 bridgehead atoms. The highest BCUT2D eigenvalue weighted by molar-refractivity contribution is 5.49. The fourth-order valence-electron chi connectivity index (χ4n) is 2.59. The first-order valence-corrected chi connectivity index (χ1v) is 6.67. The molecule has 2 heterocycles. The fourth-order valence-corrected chi connectivity index (χ4v) is 2.59. The fraction of sp³-hybridized carbons (Fsp3) is 0.643. The van der Waals surface area contributed by atoms with Gasteiger partial charge in [-0.3, -0.25) is 0 Å². The Morgan fingerprint density at radius 1 is 1.41 bits per heavy atom. The first kappa shape index (κ1) is 12.4. The first-order chi connectivity index (χ1) is 8.20. The Labute approximate surface area is 104 Å². The van der Waals surface area contributed by atoms with Crippen LogP contribution in [0.5, 0.6) is 0 Å². The van der Waals surface area contributed by atoms with E-state index in [1.807, 2.05) is 19.2 Å². The lowest BCUT2D eigenvalue weighted by Crippen LogP contribution is -2.34. The molecular formula is C14H23N3. The number of aromatic nitrogens is 1. The second-order valence-corrected chi connectivity index (χ2v) is 5.10. The molecule has 3 nitrogen and oxygen atoms in total. The number of nitrogens with zero attached hydrogens (tertiary/aromatic N) is 2. The summed E-state index contributed by atoms with van der Waals surface area (Å²) < 4.78 is 0. The van der Waals surface area contributed by atoms with Gasteiger partial charge in [0.25, 0.3) is 0 Å². The van der Waals surface area contributed by atoms with E-state index in [9.17, 15) is 0 Å². The molecule has 3 heteroatoms. The van der Waals surface area contributed by atoms with Crippen LogP contribution in [-0.2, 0) is 0 Å². The van der Waals surface area contributed by atoms with Crippen LogP contribution >= 0.6 is 0 Å². The lowest BCUT2D eigenvalue weighted by atomic mass is 10.1. The van der Waals surface area contributed by atoms with Gasteiger partial charge in [-0.2, -0.15) is 0 Å². The maximum atomic E-state index is 6.04. The first-order valence-electron chi connectivity index (χ1n) is 6.67. The van der Waals surface area contributed by atoms with Crippen molar-refractivity contribution in [2.45, 2.75) is 51.6 Å². The number of hydrogen-bond acceptors (Lipinski definition) is 3. The second kappa shape index (κ2) is 5.50. The number of pyridine rings is 1. The normalized spacial score (nSPS) is 23.2. The van der Waals surface area contributed by atoms with E-state index < -0.39 is 0 Å². The lowest BCUT2D eigenvalue weighted by molar-refractivity contribution is 0.606. The topological polar surface area (TPSA) is 42.2 Å². The third kappa shape index (κ3) is 2.78. The molecular weight excluding hydrogens is 210 g/mol. The third-order valence-corrected chi connectivity index (χ3v) is 3.63. The molecule has 1 aliphatic rings. The smallest absolute Gasteiger partial charge is 0.133 e. The predicted molar refractivity (Wildman–Crippen MR) is 72.1 cm³/mol. The number of rotatable bonds is 2. The Hall–Kier alpha value is -1.09. The highest BCUT2D eigenvalue weighted by atomic mass is 15.2. The highest BCUT2D eigenvalue weighted by Crippen LogP contribution is 2.27. The molecule has 2 atom stereocenters. The minimum absolute atomic E-state index is 0.0501.